The molecule has 0 aliphatic heterocycles. The highest BCUT2D eigenvalue weighted by molar-refractivity contribution is 6.03. The van der Waals surface area contributed by atoms with Gasteiger partial charge in [0.05, 0.1) is 11.2 Å². The van der Waals surface area contributed by atoms with Gasteiger partial charge >= 0.3 is 0 Å². The van der Waals surface area contributed by atoms with Crippen molar-refractivity contribution in [2.75, 3.05) is 10.6 Å². The van der Waals surface area contributed by atoms with Crippen LogP contribution in [0.4, 0.5) is 20.2 Å². The summed E-state index contributed by atoms with van der Waals surface area (Å²) in [6, 6.07) is 11.9. The van der Waals surface area contributed by atoms with Crippen molar-refractivity contribution in [3.8, 4) is 0 Å². The summed E-state index contributed by atoms with van der Waals surface area (Å²) in [5, 5.41) is 6.49. The molecule has 122 valence electrons. The first-order valence-corrected chi connectivity index (χ1v) is 7.41. The van der Waals surface area contributed by atoms with Gasteiger partial charge in [0.2, 0.25) is 5.91 Å². The van der Waals surface area contributed by atoms with Crippen molar-refractivity contribution in [2.24, 2.45) is 0 Å². The van der Waals surface area contributed by atoms with Crippen molar-refractivity contribution >= 4 is 28.2 Å². The van der Waals surface area contributed by atoms with E-state index in [1.165, 1.54) is 6.07 Å². The zero-order chi connectivity index (χ0) is 17.1. The summed E-state index contributed by atoms with van der Waals surface area (Å²) in [4.78, 5) is 16.6. The SMILES string of the molecule is CC(Nc1ccc(F)c(F)c1)C(=O)Nc1cccc2ncccc12. The molecular weight excluding hydrogens is 312 g/mol. The zero-order valence-corrected chi connectivity index (χ0v) is 12.9. The number of carbonyl (C=O) groups is 1. The fraction of sp³-hybridized carbons (Fsp3) is 0.111. The Morgan fingerprint density at radius 3 is 2.71 bits per heavy atom. The molecule has 0 aliphatic carbocycles. The van der Waals surface area contributed by atoms with E-state index in [0.29, 0.717) is 11.4 Å². The molecule has 3 aromatic rings. The minimum atomic E-state index is -0.965. The highest BCUT2D eigenvalue weighted by Crippen LogP contribution is 2.22. The van der Waals surface area contributed by atoms with Crippen molar-refractivity contribution in [2.45, 2.75) is 13.0 Å². The zero-order valence-electron chi connectivity index (χ0n) is 12.9. The Hall–Kier alpha value is -3.02. The first-order chi connectivity index (χ1) is 11.5. The number of halogens is 2. The number of aromatic nitrogens is 1. The number of hydrogen-bond donors (Lipinski definition) is 2. The van der Waals surface area contributed by atoms with E-state index in [1.807, 2.05) is 12.1 Å². The maximum absolute atomic E-state index is 13.2. The summed E-state index contributed by atoms with van der Waals surface area (Å²) in [7, 11) is 0. The van der Waals surface area contributed by atoms with E-state index in [1.54, 1.807) is 31.3 Å². The van der Waals surface area contributed by atoms with Gasteiger partial charge in [0.1, 0.15) is 6.04 Å². The Morgan fingerprint density at radius 1 is 1.08 bits per heavy atom. The van der Waals surface area contributed by atoms with Crippen LogP contribution in [0.25, 0.3) is 10.9 Å². The molecule has 0 spiro atoms. The normalized spacial score (nSPS) is 12.0. The average Bonchev–Trinajstić information content (AvgIpc) is 2.58. The van der Waals surface area contributed by atoms with Crippen LogP contribution in [0, 0.1) is 11.6 Å². The van der Waals surface area contributed by atoms with Crippen LogP contribution in [0.2, 0.25) is 0 Å². The Morgan fingerprint density at radius 2 is 1.92 bits per heavy atom. The fourth-order valence-corrected chi connectivity index (χ4v) is 2.35. The molecule has 0 fully saturated rings. The van der Waals surface area contributed by atoms with Crippen LogP contribution in [0.5, 0.6) is 0 Å². The quantitative estimate of drug-likeness (QED) is 0.763. The Bertz CT molecular complexity index is 893. The Labute approximate surface area is 137 Å². The minimum Gasteiger partial charge on any atom is -0.374 e. The summed E-state index contributed by atoms with van der Waals surface area (Å²) < 4.78 is 26.2. The number of pyridine rings is 1. The maximum atomic E-state index is 13.2. The molecule has 2 N–H and O–H groups in total. The van der Waals surface area contributed by atoms with Gasteiger partial charge in [0.15, 0.2) is 11.6 Å². The third-order valence-electron chi connectivity index (χ3n) is 3.60. The van der Waals surface area contributed by atoms with Crippen LogP contribution < -0.4 is 10.6 Å². The van der Waals surface area contributed by atoms with Crippen LogP contribution in [0.15, 0.2) is 54.7 Å². The number of rotatable bonds is 4. The molecule has 1 heterocycles. The predicted molar refractivity (Wildman–Crippen MR) is 89.8 cm³/mol. The molecule has 3 rings (SSSR count). The van der Waals surface area contributed by atoms with E-state index in [0.717, 1.165) is 23.0 Å². The van der Waals surface area contributed by atoms with Gasteiger partial charge in [-0.25, -0.2) is 8.78 Å². The molecule has 1 aromatic heterocycles. The monoisotopic (exact) mass is 327 g/mol. The fourth-order valence-electron chi connectivity index (χ4n) is 2.35. The number of benzene rings is 2. The molecule has 2 aromatic carbocycles. The van der Waals surface area contributed by atoms with Crippen LogP contribution in [-0.2, 0) is 4.79 Å². The van der Waals surface area contributed by atoms with Gasteiger partial charge in [0.25, 0.3) is 0 Å². The van der Waals surface area contributed by atoms with Gasteiger partial charge in [-0.1, -0.05) is 6.07 Å². The molecule has 0 bridgehead atoms. The summed E-state index contributed by atoms with van der Waals surface area (Å²) in [6.07, 6.45) is 1.68. The highest BCUT2D eigenvalue weighted by Gasteiger charge is 2.15. The van der Waals surface area contributed by atoms with Gasteiger partial charge in [-0.3, -0.25) is 9.78 Å². The maximum Gasteiger partial charge on any atom is 0.246 e. The minimum absolute atomic E-state index is 0.295. The molecular formula is C18H15F2N3O. The summed E-state index contributed by atoms with van der Waals surface area (Å²) >= 11 is 0. The molecule has 0 radical (unpaired) electrons. The lowest BCUT2D eigenvalue weighted by atomic mass is 10.1. The molecule has 6 heteroatoms. The summed E-state index contributed by atoms with van der Waals surface area (Å²) in [5.74, 6) is -2.19. The third kappa shape index (κ3) is 3.32. The van der Waals surface area contributed by atoms with Crippen LogP contribution in [0.3, 0.4) is 0 Å². The lowest BCUT2D eigenvalue weighted by Crippen LogP contribution is -2.32. The number of hydrogen-bond acceptors (Lipinski definition) is 3. The highest BCUT2D eigenvalue weighted by atomic mass is 19.2. The van der Waals surface area contributed by atoms with Crippen LogP contribution in [0.1, 0.15) is 6.92 Å². The summed E-state index contributed by atoms with van der Waals surface area (Å²) in [5.41, 5.74) is 1.75. The molecule has 0 aliphatic rings. The molecule has 4 nitrogen and oxygen atoms in total. The van der Waals surface area contributed by atoms with E-state index in [9.17, 15) is 13.6 Å². The topological polar surface area (TPSA) is 54.0 Å². The number of anilines is 2. The number of fused-ring (bicyclic) bond motifs is 1. The summed E-state index contributed by atoms with van der Waals surface area (Å²) in [6.45, 7) is 1.64. The second-order valence-electron chi connectivity index (χ2n) is 5.36. The van der Waals surface area contributed by atoms with Gasteiger partial charge < -0.3 is 10.6 Å². The van der Waals surface area contributed by atoms with Gasteiger partial charge in [-0.2, -0.15) is 0 Å². The second-order valence-corrected chi connectivity index (χ2v) is 5.36. The first-order valence-electron chi connectivity index (χ1n) is 7.41. The number of carbonyl (C=O) groups excluding carboxylic acids is 1. The lowest BCUT2D eigenvalue weighted by Gasteiger charge is -2.16. The Kier molecular flexibility index (Phi) is 4.37. The van der Waals surface area contributed by atoms with E-state index < -0.39 is 17.7 Å². The van der Waals surface area contributed by atoms with Crippen molar-refractivity contribution in [1.82, 2.24) is 4.98 Å². The Balaban J connectivity index is 1.75. The van der Waals surface area contributed by atoms with Crippen molar-refractivity contribution in [3.05, 3.63) is 66.4 Å². The largest absolute Gasteiger partial charge is 0.374 e. The average molecular weight is 327 g/mol. The van der Waals surface area contributed by atoms with Gasteiger partial charge in [0, 0.05) is 23.3 Å². The molecule has 0 saturated carbocycles. The second kappa shape index (κ2) is 6.62. The van der Waals surface area contributed by atoms with E-state index in [2.05, 4.69) is 15.6 Å². The standard InChI is InChI=1S/C18H15F2N3O/c1-11(22-12-7-8-14(19)15(20)10-12)18(24)23-17-6-2-5-16-13(17)4-3-9-21-16/h2-11,22H,1H3,(H,23,24). The molecule has 1 atom stereocenters. The predicted octanol–water partition coefficient (Wildman–Crippen LogP) is 3.95. The van der Waals surface area contributed by atoms with Gasteiger partial charge in [-0.05, 0) is 43.3 Å². The molecule has 24 heavy (non-hydrogen) atoms. The van der Waals surface area contributed by atoms with E-state index in [4.69, 9.17) is 0 Å². The van der Waals surface area contributed by atoms with Gasteiger partial charge in [-0.15, -0.1) is 0 Å². The molecule has 1 amide bonds. The van der Waals surface area contributed by atoms with Crippen LogP contribution in [-0.4, -0.2) is 16.9 Å². The first kappa shape index (κ1) is 15.9. The van der Waals surface area contributed by atoms with E-state index >= 15 is 0 Å². The number of nitrogens with zero attached hydrogens (tertiary/aromatic N) is 1. The third-order valence-corrected chi connectivity index (χ3v) is 3.60. The van der Waals surface area contributed by atoms with Crippen molar-refractivity contribution in [3.63, 3.8) is 0 Å². The molecule has 1 unspecified atom stereocenters. The van der Waals surface area contributed by atoms with Crippen molar-refractivity contribution < 1.29 is 13.6 Å². The number of nitrogens with one attached hydrogen (secondary N) is 2. The van der Waals surface area contributed by atoms with Crippen molar-refractivity contribution in [1.29, 1.82) is 0 Å². The van der Waals surface area contributed by atoms with Crippen LogP contribution >= 0.6 is 0 Å². The molecule has 0 saturated heterocycles. The smallest absolute Gasteiger partial charge is 0.246 e. The lowest BCUT2D eigenvalue weighted by molar-refractivity contribution is -0.116. The number of amides is 1. The van der Waals surface area contributed by atoms with E-state index in [-0.39, 0.29) is 5.91 Å².